The highest BCUT2D eigenvalue weighted by Gasteiger charge is 2.12. The number of aromatic nitrogens is 2. The van der Waals surface area contributed by atoms with Gasteiger partial charge in [-0.25, -0.2) is 9.37 Å². The lowest BCUT2D eigenvalue weighted by Gasteiger charge is -2.06. The third-order valence-electron chi connectivity index (χ3n) is 3.40. The van der Waals surface area contributed by atoms with Crippen LogP contribution in [0, 0.1) is 0 Å². The summed E-state index contributed by atoms with van der Waals surface area (Å²) in [7, 11) is 0. The zero-order chi connectivity index (χ0) is 17.1. The summed E-state index contributed by atoms with van der Waals surface area (Å²) in [6.45, 7) is 1.76. The van der Waals surface area contributed by atoms with Gasteiger partial charge in [0, 0.05) is 28.0 Å². The summed E-state index contributed by atoms with van der Waals surface area (Å²) >= 11 is 7.75. The van der Waals surface area contributed by atoms with Crippen LogP contribution in [0.25, 0.3) is 10.9 Å². The number of carbonyl (C=O) groups excluding carboxylic acids is 1. The van der Waals surface area contributed by atoms with E-state index in [1.165, 1.54) is 18.3 Å². The Hall–Kier alpha value is -2.12. The predicted octanol–water partition coefficient (Wildman–Crippen LogP) is 3.83. The molecule has 3 aromatic rings. The van der Waals surface area contributed by atoms with Crippen molar-refractivity contribution in [1.82, 2.24) is 15.3 Å². The van der Waals surface area contributed by atoms with Crippen molar-refractivity contribution in [3.63, 3.8) is 0 Å². The highest BCUT2D eigenvalue weighted by molar-refractivity contribution is 7.07. The van der Waals surface area contributed by atoms with Gasteiger partial charge in [-0.15, -0.1) is 11.3 Å². The first kappa shape index (κ1) is 16.7. The van der Waals surface area contributed by atoms with Gasteiger partial charge < -0.3 is 15.0 Å². The fraction of sp³-hybridized carbons (Fsp3) is 0.250. The van der Waals surface area contributed by atoms with E-state index in [1.807, 2.05) is 11.4 Å². The van der Waals surface area contributed by atoms with Gasteiger partial charge in [-0.2, -0.15) is 0 Å². The Labute approximate surface area is 146 Å². The third-order valence-corrected chi connectivity index (χ3v) is 4.33. The van der Waals surface area contributed by atoms with E-state index in [0.29, 0.717) is 17.4 Å². The normalized spacial score (nSPS) is 12.3. The highest BCUT2D eigenvalue weighted by atomic mass is 35.5. The van der Waals surface area contributed by atoms with E-state index < -0.39 is 12.1 Å². The van der Waals surface area contributed by atoms with E-state index in [4.69, 9.17) is 16.3 Å². The molecule has 2 aromatic heterocycles. The average Bonchev–Trinajstić information content (AvgIpc) is 3.19. The molecule has 8 heteroatoms. The molecule has 3 rings (SSSR count). The number of H-pyrrole nitrogens is 1. The Bertz CT molecular complexity index is 849. The van der Waals surface area contributed by atoms with E-state index in [2.05, 4.69) is 15.3 Å². The number of amides is 1. The van der Waals surface area contributed by atoms with Gasteiger partial charge in [0.05, 0.1) is 22.8 Å². The molecule has 0 fully saturated rings. The molecular weight excluding hydrogens is 353 g/mol. The Balaban J connectivity index is 1.73. The molecule has 0 aliphatic carbocycles. The fourth-order valence-corrected chi connectivity index (χ4v) is 2.95. The second-order valence-corrected chi connectivity index (χ2v) is 6.39. The minimum Gasteiger partial charge on any atom is -0.486 e. The molecule has 1 atom stereocenters. The second-order valence-electron chi connectivity index (χ2n) is 5.27. The minimum atomic E-state index is -1.53. The third kappa shape index (κ3) is 3.85. The van der Waals surface area contributed by atoms with Crippen LogP contribution in [0.4, 0.5) is 4.39 Å². The Kier molecular flexibility index (Phi) is 5.01. The summed E-state index contributed by atoms with van der Waals surface area (Å²) < 4.78 is 18.5. The molecular formula is C16H15ClFN3O2S. The number of rotatable bonds is 6. The Morgan fingerprint density at radius 2 is 2.33 bits per heavy atom. The maximum Gasteiger partial charge on any atom is 0.254 e. The predicted molar refractivity (Wildman–Crippen MR) is 92.2 cm³/mol. The fourth-order valence-electron chi connectivity index (χ4n) is 2.18. The van der Waals surface area contributed by atoms with E-state index >= 15 is 0 Å². The molecule has 1 amide bonds. The van der Waals surface area contributed by atoms with Crippen molar-refractivity contribution in [1.29, 1.82) is 0 Å². The summed E-state index contributed by atoms with van der Waals surface area (Å²) in [6, 6.07) is 5.44. The number of thiazole rings is 1. The van der Waals surface area contributed by atoms with Crippen molar-refractivity contribution >= 4 is 39.7 Å². The quantitative estimate of drug-likeness (QED) is 0.695. The molecule has 0 saturated heterocycles. The molecule has 2 N–H and O–H groups in total. The lowest BCUT2D eigenvalue weighted by molar-refractivity contribution is -0.125. The van der Waals surface area contributed by atoms with Crippen molar-refractivity contribution in [2.75, 3.05) is 0 Å². The molecule has 24 heavy (non-hydrogen) atoms. The summed E-state index contributed by atoms with van der Waals surface area (Å²) in [5.74, 6) is -0.0917. The molecule has 0 saturated carbocycles. The number of aromatic amines is 1. The Morgan fingerprint density at radius 1 is 1.50 bits per heavy atom. The highest BCUT2D eigenvalue weighted by Crippen LogP contribution is 2.31. The molecule has 0 aliphatic rings. The van der Waals surface area contributed by atoms with Crippen LogP contribution in [0.15, 0.2) is 29.1 Å². The van der Waals surface area contributed by atoms with Crippen LogP contribution < -0.4 is 10.1 Å². The lowest BCUT2D eigenvalue weighted by Crippen LogP contribution is -2.29. The first-order valence-corrected chi connectivity index (χ1v) is 8.58. The van der Waals surface area contributed by atoms with Gasteiger partial charge in [-0.05, 0) is 19.1 Å². The van der Waals surface area contributed by atoms with Gasteiger partial charge in [0.2, 0.25) is 0 Å². The molecule has 0 bridgehead atoms. The molecule has 1 aromatic carbocycles. The zero-order valence-electron chi connectivity index (χ0n) is 12.8. The number of nitrogens with zero attached hydrogens (tertiary/aromatic N) is 1. The molecule has 5 nitrogen and oxygen atoms in total. The molecule has 0 spiro atoms. The van der Waals surface area contributed by atoms with Gasteiger partial charge in [0.25, 0.3) is 5.91 Å². The van der Waals surface area contributed by atoms with Crippen LogP contribution in [0.5, 0.6) is 5.75 Å². The monoisotopic (exact) mass is 367 g/mol. The van der Waals surface area contributed by atoms with E-state index in [9.17, 15) is 9.18 Å². The molecule has 0 unspecified atom stereocenters. The molecule has 0 aliphatic heterocycles. The topological polar surface area (TPSA) is 67.0 Å². The number of benzene rings is 1. The standard InChI is InChI=1S/C16H15ClFN3O2S/c1-9(18)16(22)19-5-11-2-10-3-13(17)15(4-14(10)21-11)23-6-12-7-24-8-20-12/h2-4,7-9,21H,5-6H2,1H3,(H,19,22)/t9-/m1/s1. The number of nitrogens with one attached hydrogen (secondary N) is 2. The average molecular weight is 368 g/mol. The zero-order valence-corrected chi connectivity index (χ0v) is 14.4. The number of alkyl halides is 1. The maximum atomic E-state index is 12.8. The molecule has 0 radical (unpaired) electrons. The number of halogens is 2. The van der Waals surface area contributed by atoms with Crippen molar-refractivity contribution in [2.24, 2.45) is 0 Å². The van der Waals surface area contributed by atoms with Crippen molar-refractivity contribution in [3.05, 3.63) is 45.5 Å². The molecule has 126 valence electrons. The maximum absolute atomic E-state index is 12.8. The second kappa shape index (κ2) is 7.19. The van der Waals surface area contributed by atoms with E-state index in [0.717, 1.165) is 22.3 Å². The first-order valence-electron chi connectivity index (χ1n) is 7.25. The van der Waals surface area contributed by atoms with Crippen molar-refractivity contribution in [2.45, 2.75) is 26.2 Å². The SMILES string of the molecule is C[C@@H](F)C(=O)NCc1cc2cc(Cl)c(OCc3cscn3)cc2[nH]1. The van der Waals surface area contributed by atoms with Gasteiger partial charge >= 0.3 is 0 Å². The number of fused-ring (bicyclic) bond motifs is 1. The van der Waals surface area contributed by atoms with Gasteiger partial charge in [0.1, 0.15) is 12.4 Å². The van der Waals surface area contributed by atoms with Crippen molar-refractivity contribution in [3.8, 4) is 5.75 Å². The first-order chi connectivity index (χ1) is 11.5. The summed E-state index contributed by atoms with van der Waals surface area (Å²) in [5, 5.41) is 5.80. The van der Waals surface area contributed by atoms with Crippen LogP contribution in [0.1, 0.15) is 18.3 Å². The largest absolute Gasteiger partial charge is 0.486 e. The van der Waals surface area contributed by atoms with Crippen LogP contribution in [-0.4, -0.2) is 22.0 Å². The van der Waals surface area contributed by atoms with Crippen molar-refractivity contribution < 1.29 is 13.9 Å². The number of hydrogen-bond acceptors (Lipinski definition) is 4. The Morgan fingerprint density at radius 3 is 3.04 bits per heavy atom. The van der Waals surface area contributed by atoms with E-state index in [-0.39, 0.29) is 6.54 Å². The number of ether oxygens (including phenoxy) is 1. The summed E-state index contributed by atoms with van der Waals surface area (Å²) in [4.78, 5) is 18.6. The van der Waals surface area contributed by atoms with Crippen LogP contribution >= 0.6 is 22.9 Å². The minimum absolute atomic E-state index is 0.217. The summed E-state index contributed by atoms with van der Waals surface area (Å²) in [6.07, 6.45) is -1.53. The number of hydrogen-bond donors (Lipinski definition) is 2. The van der Waals surface area contributed by atoms with Crippen LogP contribution in [0.2, 0.25) is 5.02 Å². The summed E-state index contributed by atoms with van der Waals surface area (Å²) in [5.41, 5.74) is 4.16. The van der Waals surface area contributed by atoms with Crippen LogP contribution in [0.3, 0.4) is 0 Å². The van der Waals surface area contributed by atoms with Gasteiger partial charge in [-0.1, -0.05) is 11.6 Å². The van der Waals surface area contributed by atoms with Gasteiger partial charge in [-0.3, -0.25) is 4.79 Å². The van der Waals surface area contributed by atoms with E-state index in [1.54, 1.807) is 17.6 Å². The number of carbonyl (C=O) groups is 1. The van der Waals surface area contributed by atoms with Crippen LogP contribution in [-0.2, 0) is 17.9 Å². The molecule has 2 heterocycles. The van der Waals surface area contributed by atoms with Gasteiger partial charge in [0.15, 0.2) is 6.17 Å². The lowest BCUT2D eigenvalue weighted by atomic mass is 10.2. The smallest absolute Gasteiger partial charge is 0.254 e.